The van der Waals surface area contributed by atoms with Gasteiger partial charge in [0.25, 0.3) is 5.88 Å². The molecule has 0 saturated heterocycles. The molecule has 0 unspecified atom stereocenters. The Labute approximate surface area is 67.0 Å². The lowest BCUT2D eigenvalue weighted by Gasteiger charge is -2.02. The molecular formula is C7H6F3NO. The highest BCUT2D eigenvalue weighted by atomic mass is 19.2. The van der Waals surface area contributed by atoms with Crippen LogP contribution in [-0.4, -0.2) is 11.6 Å². The van der Waals surface area contributed by atoms with Crippen molar-refractivity contribution in [2.24, 2.45) is 0 Å². The van der Waals surface area contributed by atoms with Crippen molar-refractivity contribution >= 4 is 0 Å². The minimum absolute atomic E-state index is 0.104. The average molecular weight is 177 g/mol. The van der Waals surface area contributed by atoms with Crippen molar-refractivity contribution in [3.05, 3.63) is 23.6 Å². The number of hydrogen-bond donors (Lipinski definition) is 0. The second-order valence-corrected chi connectivity index (χ2v) is 1.98. The third kappa shape index (κ3) is 1.66. The number of halogens is 3. The quantitative estimate of drug-likeness (QED) is 0.643. The van der Waals surface area contributed by atoms with Crippen molar-refractivity contribution in [1.29, 1.82) is 0 Å². The van der Waals surface area contributed by atoms with Crippen LogP contribution in [0.2, 0.25) is 0 Å². The average Bonchev–Trinajstić information content (AvgIpc) is 2.00. The molecule has 5 heteroatoms. The molecule has 0 radical (unpaired) electrons. The fourth-order valence-electron chi connectivity index (χ4n) is 0.681. The Morgan fingerprint density at radius 1 is 1.42 bits per heavy atom. The number of pyridine rings is 1. The van der Waals surface area contributed by atoms with Gasteiger partial charge in [0.05, 0.1) is 6.61 Å². The molecule has 1 rings (SSSR count). The lowest BCUT2D eigenvalue weighted by Crippen LogP contribution is -2.01. The first-order valence-corrected chi connectivity index (χ1v) is 3.29. The largest absolute Gasteiger partial charge is 0.476 e. The zero-order chi connectivity index (χ0) is 9.14. The molecule has 0 aliphatic heterocycles. The molecule has 0 aliphatic rings. The molecule has 12 heavy (non-hydrogen) atoms. The van der Waals surface area contributed by atoms with E-state index in [4.69, 9.17) is 0 Å². The Kier molecular flexibility index (Phi) is 2.52. The van der Waals surface area contributed by atoms with Crippen LogP contribution in [0.3, 0.4) is 0 Å². The van der Waals surface area contributed by atoms with Crippen LogP contribution in [0.25, 0.3) is 0 Å². The molecule has 0 fully saturated rings. The molecule has 0 bridgehead atoms. The lowest BCUT2D eigenvalue weighted by atomic mass is 10.4. The molecule has 1 aromatic rings. The third-order valence-electron chi connectivity index (χ3n) is 1.13. The summed E-state index contributed by atoms with van der Waals surface area (Å²) in [7, 11) is 0. The van der Waals surface area contributed by atoms with E-state index < -0.39 is 23.5 Å². The Balaban J connectivity index is 3.09. The predicted molar refractivity (Wildman–Crippen MR) is 35.3 cm³/mol. The Morgan fingerprint density at radius 3 is 2.67 bits per heavy atom. The van der Waals surface area contributed by atoms with E-state index in [-0.39, 0.29) is 6.61 Å². The first-order chi connectivity index (χ1) is 5.65. The number of aromatic nitrogens is 1. The number of hydrogen-bond acceptors (Lipinski definition) is 2. The molecule has 66 valence electrons. The predicted octanol–water partition coefficient (Wildman–Crippen LogP) is 1.90. The number of nitrogens with zero attached hydrogens (tertiary/aromatic N) is 1. The summed E-state index contributed by atoms with van der Waals surface area (Å²) in [5, 5.41) is 0. The summed E-state index contributed by atoms with van der Waals surface area (Å²) < 4.78 is 41.9. The Morgan fingerprint density at radius 2 is 2.08 bits per heavy atom. The monoisotopic (exact) mass is 177 g/mol. The summed E-state index contributed by atoms with van der Waals surface area (Å²) >= 11 is 0. The van der Waals surface area contributed by atoms with Gasteiger partial charge in [-0.3, -0.25) is 0 Å². The summed E-state index contributed by atoms with van der Waals surface area (Å²) in [6.45, 7) is 1.66. The zero-order valence-electron chi connectivity index (χ0n) is 6.27. The molecule has 0 spiro atoms. The van der Waals surface area contributed by atoms with Gasteiger partial charge in [0.1, 0.15) is 0 Å². The second-order valence-electron chi connectivity index (χ2n) is 1.98. The minimum Gasteiger partial charge on any atom is -0.476 e. The summed E-state index contributed by atoms with van der Waals surface area (Å²) in [5.74, 6) is -4.31. The van der Waals surface area contributed by atoms with E-state index in [1.807, 2.05) is 0 Å². The van der Waals surface area contributed by atoms with Crippen molar-refractivity contribution in [1.82, 2.24) is 4.98 Å². The number of ether oxygens (including phenoxy) is 1. The van der Waals surface area contributed by atoms with E-state index in [9.17, 15) is 13.2 Å². The van der Waals surface area contributed by atoms with Gasteiger partial charge in [0, 0.05) is 6.07 Å². The standard InChI is InChI=1S/C7H6F3NO/c1-2-12-7-6(10)4(8)3-5(9)11-7/h3H,2H2,1H3. The third-order valence-corrected chi connectivity index (χ3v) is 1.13. The van der Waals surface area contributed by atoms with Gasteiger partial charge in [-0.05, 0) is 6.92 Å². The van der Waals surface area contributed by atoms with Gasteiger partial charge in [-0.1, -0.05) is 0 Å². The normalized spacial score (nSPS) is 10.0. The van der Waals surface area contributed by atoms with Gasteiger partial charge in [-0.25, -0.2) is 4.39 Å². The van der Waals surface area contributed by atoms with Crippen LogP contribution in [0.15, 0.2) is 6.07 Å². The molecule has 0 saturated carbocycles. The van der Waals surface area contributed by atoms with Gasteiger partial charge in [-0.15, -0.1) is 0 Å². The first-order valence-electron chi connectivity index (χ1n) is 3.29. The summed E-state index contributed by atoms with van der Waals surface area (Å²) in [6, 6.07) is 0.359. The molecule has 0 aromatic carbocycles. The van der Waals surface area contributed by atoms with Gasteiger partial charge >= 0.3 is 0 Å². The van der Waals surface area contributed by atoms with E-state index in [0.29, 0.717) is 6.07 Å². The fourth-order valence-corrected chi connectivity index (χ4v) is 0.681. The van der Waals surface area contributed by atoms with Crippen LogP contribution in [0.4, 0.5) is 13.2 Å². The van der Waals surface area contributed by atoms with E-state index in [2.05, 4.69) is 9.72 Å². The molecule has 0 aliphatic carbocycles. The van der Waals surface area contributed by atoms with Crippen molar-refractivity contribution < 1.29 is 17.9 Å². The van der Waals surface area contributed by atoms with Crippen molar-refractivity contribution in [3.63, 3.8) is 0 Å². The Bertz CT molecular complexity index is 290. The second kappa shape index (κ2) is 3.42. The molecule has 0 amide bonds. The van der Waals surface area contributed by atoms with E-state index >= 15 is 0 Å². The summed E-state index contributed by atoms with van der Waals surface area (Å²) in [6.07, 6.45) is 0. The molecule has 0 N–H and O–H groups in total. The maximum atomic E-state index is 12.6. The highest BCUT2D eigenvalue weighted by Gasteiger charge is 2.12. The molecule has 1 heterocycles. The molecule has 2 nitrogen and oxygen atoms in total. The van der Waals surface area contributed by atoms with Crippen LogP contribution in [0.5, 0.6) is 5.88 Å². The van der Waals surface area contributed by atoms with Crippen LogP contribution >= 0.6 is 0 Å². The van der Waals surface area contributed by atoms with Gasteiger partial charge in [0.2, 0.25) is 11.8 Å². The van der Waals surface area contributed by atoms with E-state index in [0.717, 1.165) is 0 Å². The van der Waals surface area contributed by atoms with Crippen molar-refractivity contribution in [2.75, 3.05) is 6.61 Å². The SMILES string of the molecule is CCOc1nc(F)cc(F)c1F. The lowest BCUT2D eigenvalue weighted by molar-refractivity contribution is 0.292. The van der Waals surface area contributed by atoms with Crippen LogP contribution in [0.1, 0.15) is 6.92 Å². The first kappa shape index (κ1) is 8.83. The zero-order valence-corrected chi connectivity index (χ0v) is 6.27. The number of rotatable bonds is 2. The minimum atomic E-state index is -1.30. The molecular weight excluding hydrogens is 171 g/mol. The smallest absolute Gasteiger partial charge is 0.256 e. The summed E-state index contributed by atoms with van der Waals surface area (Å²) in [4.78, 5) is 3.02. The van der Waals surface area contributed by atoms with Crippen LogP contribution < -0.4 is 4.74 Å². The highest BCUT2D eigenvalue weighted by Crippen LogP contribution is 2.17. The topological polar surface area (TPSA) is 22.1 Å². The van der Waals surface area contributed by atoms with Crippen LogP contribution in [0, 0.1) is 17.6 Å². The fraction of sp³-hybridized carbons (Fsp3) is 0.286. The van der Waals surface area contributed by atoms with Crippen LogP contribution in [-0.2, 0) is 0 Å². The van der Waals surface area contributed by atoms with Gasteiger partial charge in [0.15, 0.2) is 5.82 Å². The van der Waals surface area contributed by atoms with Gasteiger partial charge in [-0.2, -0.15) is 13.8 Å². The molecule has 0 atom stereocenters. The maximum Gasteiger partial charge on any atom is 0.256 e. The maximum absolute atomic E-state index is 12.6. The highest BCUT2D eigenvalue weighted by molar-refractivity contribution is 5.15. The molecule has 1 aromatic heterocycles. The van der Waals surface area contributed by atoms with Gasteiger partial charge < -0.3 is 4.74 Å². The summed E-state index contributed by atoms with van der Waals surface area (Å²) in [5.41, 5.74) is 0. The van der Waals surface area contributed by atoms with E-state index in [1.54, 1.807) is 6.92 Å². The van der Waals surface area contributed by atoms with Crippen molar-refractivity contribution in [3.8, 4) is 5.88 Å². The van der Waals surface area contributed by atoms with Crippen molar-refractivity contribution in [2.45, 2.75) is 6.92 Å². The van der Waals surface area contributed by atoms with E-state index in [1.165, 1.54) is 0 Å². The Hall–Kier alpha value is -1.26.